The van der Waals surface area contributed by atoms with E-state index >= 15 is 0 Å². The average molecular weight is 329 g/mol. The quantitative estimate of drug-likeness (QED) is 0.811. The summed E-state index contributed by atoms with van der Waals surface area (Å²) >= 11 is 0. The molecular formula is C15H14F3NO4. The lowest BCUT2D eigenvalue weighted by Gasteiger charge is -2.42. The molecule has 0 aromatic heterocycles. The number of ether oxygens (including phenoxy) is 1. The highest BCUT2D eigenvalue weighted by Crippen LogP contribution is 2.34. The van der Waals surface area contributed by atoms with Crippen molar-refractivity contribution in [2.24, 2.45) is 0 Å². The molecule has 1 aromatic rings. The Morgan fingerprint density at radius 2 is 1.83 bits per heavy atom. The van der Waals surface area contributed by atoms with Gasteiger partial charge in [0, 0.05) is 5.57 Å². The van der Waals surface area contributed by atoms with Gasteiger partial charge in [-0.3, -0.25) is 4.79 Å². The van der Waals surface area contributed by atoms with Crippen LogP contribution in [0.15, 0.2) is 36.4 Å². The van der Waals surface area contributed by atoms with Crippen LogP contribution in [0, 0.1) is 0 Å². The Kier molecular flexibility index (Phi) is 4.46. The molecule has 23 heavy (non-hydrogen) atoms. The molecular weight excluding hydrogens is 315 g/mol. The van der Waals surface area contributed by atoms with Gasteiger partial charge in [-0.2, -0.15) is 13.2 Å². The van der Waals surface area contributed by atoms with Crippen LogP contribution in [0.1, 0.15) is 17.5 Å². The molecule has 1 aromatic carbocycles. The second kappa shape index (κ2) is 6.04. The van der Waals surface area contributed by atoms with Gasteiger partial charge in [0.1, 0.15) is 5.54 Å². The molecule has 0 spiro atoms. The van der Waals surface area contributed by atoms with Crippen molar-refractivity contribution in [3.8, 4) is 0 Å². The molecule has 124 valence electrons. The molecule has 1 heterocycles. The average Bonchev–Trinajstić information content (AvgIpc) is 2.42. The third kappa shape index (κ3) is 3.70. The van der Waals surface area contributed by atoms with Crippen LogP contribution in [-0.4, -0.2) is 30.2 Å². The number of rotatable bonds is 5. The van der Waals surface area contributed by atoms with Crippen LogP contribution < -0.4 is 5.32 Å². The van der Waals surface area contributed by atoms with Crippen molar-refractivity contribution in [3.05, 3.63) is 47.5 Å². The van der Waals surface area contributed by atoms with Crippen LogP contribution in [0.25, 0.3) is 0 Å². The summed E-state index contributed by atoms with van der Waals surface area (Å²) in [5.41, 5.74) is -1.54. The Morgan fingerprint density at radius 3 is 2.22 bits per heavy atom. The summed E-state index contributed by atoms with van der Waals surface area (Å²) in [5, 5.41) is 11.3. The van der Waals surface area contributed by atoms with Gasteiger partial charge in [-0.15, -0.1) is 0 Å². The first kappa shape index (κ1) is 17.0. The number of carboxylic acid groups (broad SMARTS) is 1. The Morgan fingerprint density at radius 1 is 1.26 bits per heavy atom. The maximum absolute atomic E-state index is 12.6. The van der Waals surface area contributed by atoms with Crippen molar-refractivity contribution in [2.75, 3.05) is 13.2 Å². The van der Waals surface area contributed by atoms with Gasteiger partial charge in [0.05, 0.1) is 25.2 Å². The first-order chi connectivity index (χ1) is 10.6. The number of halogens is 3. The zero-order valence-corrected chi connectivity index (χ0v) is 11.9. The minimum atomic E-state index is -4.44. The van der Waals surface area contributed by atoms with Crippen molar-refractivity contribution >= 4 is 11.9 Å². The van der Waals surface area contributed by atoms with E-state index in [2.05, 4.69) is 11.9 Å². The number of amides is 1. The molecule has 0 aliphatic carbocycles. The maximum Gasteiger partial charge on any atom is 0.416 e. The summed E-state index contributed by atoms with van der Waals surface area (Å²) < 4.78 is 42.8. The van der Waals surface area contributed by atoms with Crippen LogP contribution in [0.4, 0.5) is 13.2 Å². The Balaban J connectivity index is 2.13. The fourth-order valence-electron chi connectivity index (χ4n) is 2.18. The van der Waals surface area contributed by atoms with Crippen LogP contribution in [-0.2, 0) is 26.0 Å². The number of nitrogens with one attached hydrogen (secondary N) is 1. The highest BCUT2D eigenvalue weighted by Gasteiger charge is 2.42. The molecule has 2 N–H and O–H groups in total. The van der Waals surface area contributed by atoms with Gasteiger partial charge in [0.25, 0.3) is 0 Å². The van der Waals surface area contributed by atoms with Gasteiger partial charge in [-0.05, 0) is 17.7 Å². The van der Waals surface area contributed by atoms with E-state index in [1.807, 2.05) is 0 Å². The van der Waals surface area contributed by atoms with Crippen LogP contribution in [0.3, 0.4) is 0 Å². The predicted octanol–water partition coefficient (Wildman–Crippen LogP) is 2.08. The molecule has 0 bridgehead atoms. The molecule has 0 radical (unpaired) electrons. The SMILES string of the molecule is C=C(CC(=O)NC1(c2ccc(C(F)(F)F)cc2)COC1)C(=O)O. The van der Waals surface area contributed by atoms with E-state index in [9.17, 15) is 22.8 Å². The van der Waals surface area contributed by atoms with Gasteiger partial charge in [0.15, 0.2) is 0 Å². The molecule has 1 saturated heterocycles. The van der Waals surface area contributed by atoms with E-state index in [-0.39, 0.29) is 18.8 Å². The summed E-state index contributed by atoms with van der Waals surface area (Å²) in [6, 6.07) is 4.41. The van der Waals surface area contributed by atoms with E-state index in [1.54, 1.807) is 0 Å². The van der Waals surface area contributed by atoms with Gasteiger partial charge in [-0.1, -0.05) is 18.7 Å². The fourth-order valence-corrected chi connectivity index (χ4v) is 2.18. The van der Waals surface area contributed by atoms with Gasteiger partial charge < -0.3 is 15.2 Å². The number of hydrogen-bond donors (Lipinski definition) is 2. The van der Waals surface area contributed by atoms with Crippen LogP contribution in [0.2, 0.25) is 0 Å². The number of benzene rings is 1. The highest BCUT2D eigenvalue weighted by molar-refractivity contribution is 5.93. The van der Waals surface area contributed by atoms with E-state index in [1.165, 1.54) is 12.1 Å². The number of alkyl halides is 3. The molecule has 1 fully saturated rings. The Labute approximate surface area is 129 Å². The van der Waals surface area contributed by atoms with Crippen molar-refractivity contribution < 1.29 is 32.6 Å². The second-order valence-electron chi connectivity index (χ2n) is 5.28. The molecule has 8 heteroatoms. The van der Waals surface area contributed by atoms with Gasteiger partial charge in [0.2, 0.25) is 5.91 Å². The van der Waals surface area contributed by atoms with E-state index in [4.69, 9.17) is 9.84 Å². The van der Waals surface area contributed by atoms with Crippen LogP contribution >= 0.6 is 0 Å². The summed E-state index contributed by atoms with van der Waals surface area (Å²) in [4.78, 5) is 22.6. The summed E-state index contributed by atoms with van der Waals surface area (Å²) in [6.45, 7) is 3.46. The monoisotopic (exact) mass is 329 g/mol. The molecule has 2 rings (SSSR count). The Bertz CT molecular complexity index is 633. The minimum Gasteiger partial charge on any atom is -0.478 e. The lowest BCUT2D eigenvalue weighted by atomic mass is 9.87. The molecule has 1 aliphatic rings. The number of carbonyl (C=O) groups is 2. The standard InChI is InChI=1S/C15H14F3NO4/c1-9(13(21)22)6-12(20)19-14(7-23-8-14)10-2-4-11(5-3-10)15(16,17)18/h2-5H,1,6-8H2,(H,19,20)(H,21,22). The van der Waals surface area contributed by atoms with Gasteiger partial charge >= 0.3 is 12.1 Å². The molecule has 5 nitrogen and oxygen atoms in total. The number of aliphatic carboxylic acids is 1. The van der Waals surface area contributed by atoms with Gasteiger partial charge in [-0.25, -0.2) is 4.79 Å². The van der Waals surface area contributed by atoms with Crippen molar-refractivity contribution in [1.29, 1.82) is 0 Å². The van der Waals surface area contributed by atoms with E-state index < -0.39 is 35.6 Å². The van der Waals surface area contributed by atoms with Crippen molar-refractivity contribution in [3.63, 3.8) is 0 Å². The van der Waals surface area contributed by atoms with Crippen LogP contribution in [0.5, 0.6) is 0 Å². The third-order valence-electron chi connectivity index (χ3n) is 3.52. The predicted molar refractivity (Wildman–Crippen MR) is 73.5 cm³/mol. The Hall–Kier alpha value is -2.35. The number of carbonyl (C=O) groups excluding carboxylic acids is 1. The molecule has 1 aliphatic heterocycles. The van der Waals surface area contributed by atoms with Crippen molar-refractivity contribution in [1.82, 2.24) is 5.32 Å². The number of hydrogen-bond acceptors (Lipinski definition) is 3. The first-order valence-electron chi connectivity index (χ1n) is 6.62. The molecule has 0 unspecified atom stereocenters. The molecule has 0 saturated carbocycles. The molecule has 1 amide bonds. The highest BCUT2D eigenvalue weighted by atomic mass is 19.4. The fraction of sp³-hybridized carbons (Fsp3) is 0.333. The zero-order valence-electron chi connectivity index (χ0n) is 11.9. The van der Waals surface area contributed by atoms with Crippen molar-refractivity contribution in [2.45, 2.75) is 18.1 Å². The largest absolute Gasteiger partial charge is 0.478 e. The molecule has 0 atom stereocenters. The third-order valence-corrected chi connectivity index (χ3v) is 3.52. The summed E-state index contributed by atoms with van der Waals surface area (Å²) in [5.74, 6) is -1.87. The first-order valence-corrected chi connectivity index (χ1v) is 6.62. The zero-order chi connectivity index (χ0) is 17.3. The second-order valence-corrected chi connectivity index (χ2v) is 5.28. The normalized spacial score (nSPS) is 16.3. The lowest BCUT2D eigenvalue weighted by Crippen LogP contribution is -2.59. The van der Waals surface area contributed by atoms with E-state index in [0.29, 0.717) is 5.56 Å². The topological polar surface area (TPSA) is 75.6 Å². The number of carboxylic acids is 1. The maximum atomic E-state index is 12.6. The smallest absolute Gasteiger partial charge is 0.416 e. The summed E-state index contributed by atoms with van der Waals surface area (Å²) in [6.07, 6.45) is -4.85. The lowest BCUT2D eigenvalue weighted by molar-refractivity contribution is -0.138. The minimum absolute atomic E-state index is 0.101. The van der Waals surface area contributed by atoms with E-state index in [0.717, 1.165) is 12.1 Å². The summed E-state index contributed by atoms with van der Waals surface area (Å²) in [7, 11) is 0.